The minimum Gasteiger partial charge on any atom is -0.354 e. The summed E-state index contributed by atoms with van der Waals surface area (Å²) >= 11 is 0. The van der Waals surface area contributed by atoms with Gasteiger partial charge in [0.05, 0.1) is 17.5 Å². The molecule has 4 rings (SSSR count). The van der Waals surface area contributed by atoms with Gasteiger partial charge in [0.15, 0.2) is 0 Å². The molecule has 0 saturated carbocycles. The van der Waals surface area contributed by atoms with E-state index < -0.39 is 0 Å². The van der Waals surface area contributed by atoms with Crippen LogP contribution >= 0.6 is 0 Å². The van der Waals surface area contributed by atoms with Gasteiger partial charge in [-0.3, -0.25) is 9.59 Å². The van der Waals surface area contributed by atoms with Crippen molar-refractivity contribution in [2.45, 2.75) is 45.2 Å². The summed E-state index contributed by atoms with van der Waals surface area (Å²) in [6.07, 6.45) is 2.77. The van der Waals surface area contributed by atoms with Crippen LogP contribution in [0.15, 0.2) is 54.6 Å². The number of amides is 2. The lowest BCUT2D eigenvalue weighted by Gasteiger charge is -2.24. The topological polar surface area (TPSA) is 67.2 Å². The molecule has 1 atom stereocenters. The number of nitrogens with one attached hydrogen (secondary N) is 1. The normalized spacial score (nSPS) is 16.2. The van der Waals surface area contributed by atoms with Crippen molar-refractivity contribution in [3.05, 3.63) is 66.0 Å². The van der Waals surface area contributed by atoms with E-state index in [1.807, 2.05) is 55.5 Å². The van der Waals surface area contributed by atoms with E-state index in [0.29, 0.717) is 19.5 Å². The van der Waals surface area contributed by atoms with E-state index in [1.54, 1.807) is 4.90 Å². The van der Waals surface area contributed by atoms with E-state index in [0.717, 1.165) is 48.2 Å². The van der Waals surface area contributed by atoms with Crippen LogP contribution in [0, 0.1) is 6.92 Å². The highest BCUT2D eigenvalue weighted by atomic mass is 16.2. The largest absolute Gasteiger partial charge is 0.354 e. The number of para-hydroxylation sites is 2. The van der Waals surface area contributed by atoms with Gasteiger partial charge < -0.3 is 14.8 Å². The molecular formula is C24H28N4O2. The first kappa shape index (κ1) is 20.1. The Bertz CT molecular complexity index is 1030. The smallest absolute Gasteiger partial charge is 0.242 e. The van der Waals surface area contributed by atoms with E-state index >= 15 is 0 Å². The lowest BCUT2D eigenvalue weighted by molar-refractivity contribution is -0.137. The van der Waals surface area contributed by atoms with Gasteiger partial charge >= 0.3 is 0 Å². The number of aryl methyl sites for hydroxylation is 2. The van der Waals surface area contributed by atoms with Crippen LogP contribution in [0.4, 0.5) is 0 Å². The fraction of sp³-hybridized carbons (Fsp3) is 0.375. The number of fused-ring (bicyclic) bond motifs is 1. The predicted octanol–water partition coefficient (Wildman–Crippen LogP) is 3.08. The number of imidazole rings is 1. The number of benzene rings is 2. The molecule has 1 saturated heterocycles. The fourth-order valence-corrected chi connectivity index (χ4v) is 4.25. The molecule has 0 bridgehead atoms. The summed E-state index contributed by atoms with van der Waals surface area (Å²) in [7, 11) is 0. The highest BCUT2D eigenvalue weighted by Crippen LogP contribution is 2.19. The minimum atomic E-state index is -0.350. The van der Waals surface area contributed by atoms with Crippen molar-refractivity contribution < 1.29 is 9.59 Å². The molecule has 6 nitrogen and oxygen atoms in total. The van der Waals surface area contributed by atoms with Gasteiger partial charge in [-0.05, 0) is 43.9 Å². The molecule has 3 aromatic rings. The molecule has 1 unspecified atom stereocenters. The van der Waals surface area contributed by atoms with Gasteiger partial charge in [-0.2, -0.15) is 0 Å². The van der Waals surface area contributed by atoms with Crippen LogP contribution in [0.1, 0.15) is 30.7 Å². The van der Waals surface area contributed by atoms with Gasteiger partial charge in [0.2, 0.25) is 11.8 Å². The monoisotopic (exact) mass is 404 g/mol. The number of hydrogen-bond acceptors (Lipinski definition) is 3. The number of aromatic nitrogens is 2. The van der Waals surface area contributed by atoms with Gasteiger partial charge in [-0.1, -0.05) is 42.5 Å². The average molecular weight is 405 g/mol. The third kappa shape index (κ3) is 4.37. The van der Waals surface area contributed by atoms with Crippen molar-refractivity contribution >= 4 is 22.8 Å². The average Bonchev–Trinajstić information content (AvgIpc) is 3.36. The summed E-state index contributed by atoms with van der Waals surface area (Å²) in [4.78, 5) is 31.8. The maximum absolute atomic E-state index is 12.7. The molecule has 156 valence electrons. The zero-order chi connectivity index (χ0) is 20.9. The van der Waals surface area contributed by atoms with Crippen LogP contribution in [0.3, 0.4) is 0 Å². The van der Waals surface area contributed by atoms with Gasteiger partial charge in [0, 0.05) is 19.6 Å². The van der Waals surface area contributed by atoms with Gasteiger partial charge in [0.1, 0.15) is 11.9 Å². The third-order valence-corrected chi connectivity index (χ3v) is 5.78. The Balaban J connectivity index is 1.29. The van der Waals surface area contributed by atoms with Crippen LogP contribution < -0.4 is 5.32 Å². The highest BCUT2D eigenvalue weighted by Gasteiger charge is 2.33. The molecule has 1 aliphatic heterocycles. The predicted molar refractivity (Wildman–Crippen MR) is 117 cm³/mol. The van der Waals surface area contributed by atoms with E-state index in [2.05, 4.69) is 20.9 Å². The molecule has 1 aliphatic rings. The number of carbonyl (C=O) groups excluding carboxylic acids is 2. The van der Waals surface area contributed by atoms with Crippen LogP contribution in [0.2, 0.25) is 0 Å². The van der Waals surface area contributed by atoms with Gasteiger partial charge in [-0.15, -0.1) is 0 Å². The second kappa shape index (κ2) is 9.11. The number of rotatable bonds is 7. The molecule has 1 aromatic heterocycles. The minimum absolute atomic E-state index is 0.0272. The summed E-state index contributed by atoms with van der Waals surface area (Å²) in [6.45, 7) is 4.05. The Morgan fingerprint density at radius 1 is 1.10 bits per heavy atom. The Kier molecular flexibility index (Phi) is 6.12. The molecule has 2 heterocycles. The van der Waals surface area contributed by atoms with Crippen molar-refractivity contribution in [1.82, 2.24) is 19.8 Å². The summed E-state index contributed by atoms with van der Waals surface area (Å²) in [5.41, 5.74) is 3.10. The summed E-state index contributed by atoms with van der Waals surface area (Å²) in [6, 6.07) is 17.4. The first-order chi connectivity index (χ1) is 14.6. The van der Waals surface area contributed by atoms with Crippen LogP contribution in [0.5, 0.6) is 0 Å². The summed E-state index contributed by atoms with van der Waals surface area (Å²) < 4.78 is 2.19. The number of likely N-dealkylation sites (tertiary alicyclic amines) is 1. The van der Waals surface area contributed by atoms with Crippen LogP contribution in [-0.4, -0.2) is 45.4 Å². The Morgan fingerprint density at radius 2 is 1.87 bits per heavy atom. The molecule has 0 spiro atoms. The second-order valence-electron chi connectivity index (χ2n) is 7.85. The maximum Gasteiger partial charge on any atom is 0.242 e. The first-order valence-corrected chi connectivity index (χ1v) is 10.7. The van der Waals surface area contributed by atoms with E-state index in [9.17, 15) is 9.59 Å². The van der Waals surface area contributed by atoms with Gasteiger partial charge in [0.25, 0.3) is 0 Å². The molecule has 2 aromatic carbocycles. The summed E-state index contributed by atoms with van der Waals surface area (Å²) in [5.74, 6) is 0.969. The SMILES string of the molecule is Cc1nc2ccccc2n1CCCNC(=O)C1CCCN1C(=O)Cc1ccccc1. The Hall–Kier alpha value is -3.15. The van der Waals surface area contributed by atoms with E-state index in [1.165, 1.54) is 0 Å². The first-order valence-electron chi connectivity index (χ1n) is 10.7. The van der Waals surface area contributed by atoms with Crippen molar-refractivity contribution in [1.29, 1.82) is 0 Å². The van der Waals surface area contributed by atoms with Crippen LogP contribution in [-0.2, 0) is 22.6 Å². The molecule has 2 amide bonds. The highest BCUT2D eigenvalue weighted by molar-refractivity contribution is 5.89. The maximum atomic E-state index is 12.7. The Labute approximate surface area is 176 Å². The van der Waals surface area contributed by atoms with Crippen molar-refractivity contribution in [3.63, 3.8) is 0 Å². The van der Waals surface area contributed by atoms with E-state index in [4.69, 9.17) is 0 Å². The molecular weight excluding hydrogens is 376 g/mol. The molecule has 6 heteroatoms. The number of carbonyl (C=O) groups is 2. The molecule has 1 N–H and O–H groups in total. The lowest BCUT2D eigenvalue weighted by Crippen LogP contribution is -2.46. The molecule has 1 fully saturated rings. The van der Waals surface area contributed by atoms with Crippen molar-refractivity contribution in [2.75, 3.05) is 13.1 Å². The lowest BCUT2D eigenvalue weighted by atomic mass is 10.1. The molecule has 0 radical (unpaired) electrons. The molecule has 30 heavy (non-hydrogen) atoms. The van der Waals surface area contributed by atoms with Crippen LogP contribution in [0.25, 0.3) is 11.0 Å². The second-order valence-corrected chi connectivity index (χ2v) is 7.85. The third-order valence-electron chi connectivity index (χ3n) is 5.78. The van der Waals surface area contributed by atoms with Gasteiger partial charge in [-0.25, -0.2) is 4.98 Å². The molecule has 0 aliphatic carbocycles. The number of hydrogen-bond donors (Lipinski definition) is 1. The standard InChI is InChI=1S/C24H28N4O2/c1-18-26-20-11-5-6-12-21(20)27(18)16-8-14-25-24(30)22-13-7-15-28(22)23(29)17-19-9-3-2-4-10-19/h2-6,9-12,22H,7-8,13-17H2,1H3,(H,25,30). The van der Waals surface area contributed by atoms with Crippen molar-refractivity contribution in [3.8, 4) is 0 Å². The Morgan fingerprint density at radius 3 is 2.70 bits per heavy atom. The number of nitrogens with zero attached hydrogens (tertiary/aromatic N) is 3. The zero-order valence-corrected chi connectivity index (χ0v) is 17.4. The quantitative estimate of drug-likeness (QED) is 0.616. The van der Waals surface area contributed by atoms with E-state index in [-0.39, 0.29) is 17.9 Å². The summed E-state index contributed by atoms with van der Waals surface area (Å²) in [5, 5.41) is 3.04. The van der Waals surface area contributed by atoms with Crippen molar-refractivity contribution in [2.24, 2.45) is 0 Å². The fourth-order valence-electron chi connectivity index (χ4n) is 4.25. The zero-order valence-electron chi connectivity index (χ0n) is 17.4.